The topological polar surface area (TPSA) is 82.1 Å². The molecule has 0 amide bonds. The van der Waals surface area contributed by atoms with E-state index in [1.54, 1.807) is 0 Å². The number of aliphatic hydroxyl groups excluding tert-OH is 1. The van der Waals surface area contributed by atoms with E-state index in [0.717, 1.165) is 13.8 Å². The van der Waals surface area contributed by atoms with E-state index in [2.05, 4.69) is 0 Å². The van der Waals surface area contributed by atoms with Crippen LogP contribution in [0.1, 0.15) is 20.8 Å². The molecule has 0 aromatic rings. The number of ether oxygens (including phenoxy) is 3. The highest BCUT2D eigenvalue weighted by Gasteiger charge is 2.48. The largest absolute Gasteiger partial charge is 0.456 e. The average molecular weight is 250 g/mol. The Balaban J connectivity index is 2.86. The van der Waals surface area contributed by atoms with Gasteiger partial charge in [-0.1, -0.05) is 0 Å². The molecule has 1 rings (SSSR count). The summed E-state index contributed by atoms with van der Waals surface area (Å²) in [6.45, 7) is 3.74. The monoisotopic (exact) mass is 250 g/mol. The molecule has 0 radical (unpaired) electrons. The van der Waals surface area contributed by atoms with Crippen LogP contribution in [0.25, 0.3) is 0 Å². The lowest BCUT2D eigenvalue weighted by Crippen LogP contribution is -2.57. The molecule has 0 aromatic carbocycles. The van der Waals surface area contributed by atoms with Crippen LogP contribution in [0.15, 0.2) is 0 Å². The number of halogens is 1. The molecular weight excluding hydrogens is 235 g/mol. The molecule has 1 aliphatic rings. The maximum atomic E-state index is 13.6. The molecule has 2 unspecified atom stereocenters. The Labute approximate surface area is 97.6 Å². The van der Waals surface area contributed by atoms with E-state index in [-0.39, 0.29) is 0 Å². The van der Waals surface area contributed by atoms with Gasteiger partial charge in [0, 0.05) is 13.8 Å². The Kier molecular flexibility index (Phi) is 4.41. The zero-order chi connectivity index (χ0) is 13.2. The van der Waals surface area contributed by atoms with Crippen molar-refractivity contribution in [2.24, 2.45) is 0 Å². The Hall–Kier alpha value is -1.21. The number of hydrogen-bond donors (Lipinski definition) is 1. The van der Waals surface area contributed by atoms with Crippen molar-refractivity contribution in [2.45, 2.75) is 51.5 Å². The zero-order valence-electron chi connectivity index (χ0n) is 9.75. The lowest BCUT2D eigenvalue weighted by atomic mass is 10.0. The van der Waals surface area contributed by atoms with E-state index >= 15 is 0 Å². The minimum Gasteiger partial charge on any atom is -0.456 e. The Morgan fingerprint density at radius 2 is 1.65 bits per heavy atom. The van der Waals surface area contributed by atoms with Gasteiger partial charge in [-0.05, 0) is 6.92 Å². The van der Waals surface area contributed by atoms with Gasteiger partial charge < -0.3 is 19.3 Å². The van der Waals surface area contributed by atoms with Crippen LogP contribution in [0.5, 0.6) is 0 Å². The molecule has 17 heavy (non-hydrogen) atoms. The quantitative estimate of drug-likeness (QED) is 0.690. The molecule has 7 heteroatoms. The average Bonchev–Trinajstić information content (AvgIpc) is 2.19. The van der Waals surface area contributed by atoms with Crippen molar-refractivity contribution in [1.82, 2.24) is 0 Å². The predicted molar refractivity (Wildman–Crippen MR) is 52.6 cm³/mol. The number of alkyl halides is 1. The number of carbonyl (C=O) groups excluding carboxylic acids is 2. The molecule has 98 valence electrons. The van der Waals surface area contributed by atoms with E-state index in [1.807, 2.05) is 0 Å². The SMILES string of the molecule is CC(=O)O[C@H]1[C@H](C)OC(O)C(F)[C@@H]1OC(C)=O. The van der Waals surface area contributed by atoms with E-state index in [1.165, 1.54) is 6.92 Å². The molecule has 0 saturated carbocycles. The molecule has 0 bridgehead atoms. The second kappa shape index (κ2) is 5.42. The van der Waals surface area contributed by atoms with Gasteiger partial charge in [0.25, 0.3) is 0 Å². The molecule has 1 heterocycles. The second-order valence-electron chi connectivity index (χ2n) is 3.82. The van der Waals surface area contributed by atoms with Crippen molar-refractivity contribution < 1.29 is 33.3 Å². The molecular formula is C10H15FO6. The summed E-state index contributed by atoms with van der Waals surface area (Å²) in [5, 5.41) is 9.25. The first-order valence-corrected chi connectivity index (χ1v) is 5.15. The van der Waals surface area contributed by atoms with Gasteiger partial charge in [0.2, 0.25) is 0 Å². The summed E-state index contributed by atoms with van der Waals surface area (Å²) in [7, 11) is 0. The minimum atomic E-state index is -1.96. The Morgan fingerprint density at radius 1 is 1.18 bits per heavy atom. The van der Waals surface area contributed by atoms with Gasteiger partial charge in [-0.3, -0.25) is 9.59 Å². The highest BCUT2D eigenvalue weighted by atomic mass is 19.1. The molecule has 6 nitrogen and oxygen atoms in total. The summed E-state index contributed by atoms with van der Waals surface area (Å²) in [5.74, 6) is -1.37. The van der Waals surface area contributed by atoms with Crippen molar-refractivity contribution in [3.05, 3.63) is 0 Å². The minimum absolute atomic E-state index is 0.647. The number of carbonyl (C=O) groups is 2. The number of aliphatic hydroxyl groups is 1. The number of esters is 2. The third-order valence-electron chi connectivity index (χ3n) is 2.33. The van der Waals surface area contributed by atoms with Gasteiger partial charge >= 0.3 is 11.9 Å². The number of rotatable bonds is 2. The molecule has 5 atom stereocenters. The second-order valence-corrected chi connectivity index (χ2v) is 3.82. The Morgan fingerprint density at radius 3 is 2.12 bits per heavy atom. The highest BCUT2D eigenvalue weighted by Crippen LogP contribution is 2.27. The van der Waals surface area contributed by atoms with Crippen LogP contribution in [-0.4, -0.2) is 47.8 Å². The molecule has 1 aliphatic heterocycles. The third-order valence-corrected chi connectivity index (χ3v) is 2.33. The lowest BCUT2D eigenvalue weighted by Gasteiger charge is -2.39. The maximum Gasteiger partial charge on any atom is 0.303 e. The fourth-order valence-electron chi connectivity index (χ4n) is 1.66. The zero-order valence-corrected chi connectivity index (χ0v) is 9.75. The van der Waals surface area contributed by atoms with Crippen molar-refractivity contribution in [1.29, 1.82) is 0 Å². The summed E-state index contributed by atoms with van der Waals surface area (Å²) in [6, 6.07) is 0. The fourth-order valence-corrected chi connectivity index (χ4v) is 1.66. The van der Waals surface area contributed by atoms with Crippen molar-refractivity contribution >= 4 is 11.9 Å². The van der Waals surface area contributed by atoms with Crippen LogP contribution in [0.4, 0.5) is 4.39 Å². The third kappa shape index (κ3) is 3.37. The smallest absolute Gasteiger partial charge is 0.303 e. The van der Waals surface area contributed by atoms with Crippen molar-refractivity contribution in [3.63, 3.8) is 0 Å². The summed E-state index contributed by atoms with van der Waals surface area (Å²) in [5.41, 5.74) is 0. The van der Waals surface area contributed by atoms with Crippen molar-refractivity contribution in [3.8, 4) is 0 Å². The van der Waals surface area contributed by atoms with Crippen LogP contribution in [0.3, 0.4) is 0 Å². The maximum absolute atomic E-state index is 13.6. The summed E-state index contributed by atoms with van der Waals surface area (Å²) < 4.78 is 28.0. The van der Waals surface area contributed by atoms with E-state index in [0.29, 0.717) is 0 Å². The van der Waals surface area contributed by atoms with Gasteiger partial charge in [0.1, 0.15) is 0 Å². The standard InChI is InChI=1S/C10H15FO6/c1-4-8(16-5(2)12)9(17-6(3)13)7(11)10(14)15-4/h4,7-10,14H,1-3H3/t4-,7?,8-,9-,10?/m0/s1. The number of hydrogen-bond acceptors (Lipinski definition) is 6. The predicted octanol–water partition coefficient (Wildman–Crippen LogP) is -0.0750. The lowest BCUT2D eigenvalue weighted by molar-refractivity contribution is -0.269. The van der Waals surface area contributed by atoms with E-state index in [4.69, 9.17) is 14.2 Å². The van der Waals surface area contributed by atoms with Gasteiger partial charge in [-0.25, -0.2) is 4.39 Å². The van der Waals surface area contributed by atoms with Crippen LogP contribution in [0.2, 0.25) is 0 Å². The summed E-state index contributed by atoms with van der Waals surface area (Å²) >= 11 is 0. The van der Waals surface area contributed by atoms with Crippen LogP contribution >= 0.6 is 0 Å². The first-order valence-electron chi connectivity index (χ1n) is 5.15. The molecule has 0 aliphatic carbocycles. The van der Waals surface area contributed by atoms with Gasteiger partial charge in [0.15, 0.2) is 24.7 Å². The molecule has 0 spiro atoms. The van der Waals surface area contributed by atoms with Crippen LogP contribution in [0, 0.1) is 0 Å². The normalized spacial score (nSPS) is 37.4. The fraction of sp³-hybridized carbons (Fsp3) is 0.800. The first-order chi connectivity index (χ1) is 7.82. The van der Waals surface area contributed by atoms with E-state index in [9.17, 15) is 19.1 Å². The summed E-state index contributed by atoms with van der Waals surface area (Å²) in [4.78, 5) is 21.7. The van der Waals surface area contributed by atoms with Crippen LogP contribution < -0.4 is 0 Å². The van der Waals surface area contributed by atoms with Gasteiger partial charge in [0.05, 0.1) is 6.10 Å². The van der Waals surface area contributed by atoms with Crippen molar-refractivity contribution in [2.75, 3.05) is 0 Å². The molecule has 1 N–H and O–H groups in total. The van der Waals surface area contributed by atoms with Gasteiger partial charge in [-0.2, -0.15) is 0 Å². The first kappa shape index (κ1) is 13.9. The molecule has 1 saturated heterocycles. The van der Waals surface area contributed by atoms with Crippen LogP contribution in [-0.2, 0) is 23.8 Å². The summed E-state index contributed by atoms with van der Waals surface area (Å²) in [6.07, 6.45) is -6.88. The molecule has 1 fully saturated rings. The van der Waals surface area contributed by atoms with Gasteiger partial charge in [-0.15, -0.1) is 0 Å². The molecule has 0 aromatic heterocycles. The Bertz CT molecular complexity index is 307. The highest BCUT2D eigenvalue weighted by molar-refractivity contribution is 5.67. The van der Waals surface area contributed by atoms with E-state index < -0.39 is 42.7 Å².